The van der Waals surface area contributed by atoms with Crippen molar-refractivity contribution in [3.63, 3.8) is 0 Å². The van der Waals surface area contributed by atoms with Crippen molar-refractivity contribution in [1.29, 1.82) is 5.26 Å². The van der Waals surface area contributed by atoms with Crippen molar-refractivity contribution in [2.45, 2.75) is 24.2 Å². The summed E-state index contributed by atoms with van der Waals surface area (Å²) in [5.74, 6) is 0.0707. The zero-order chi connectivity index (χ0) is 18.6. The number of nitrogens with zero attached hydrogens (tertiary/aromatic N) is 4. The summed E-state index contributed by atoms with van der Waals surface area (Å²) in [4.78, 5) is 16.4. The van der Waals surface area contributed by atoms with E-state index in [1.807, 2.05) is 6.07 Å². The van der Waals surface area contributed by atoms with E-state index in [-0.39, 0.29) is 29.5 Å². The lowest BCUT2D eigenvalue weighted by molar-refractivity contribution is -0.133. The average Bonchev–Trinajstić information content (AvgIpc) is 2.68. The molecule has 2 heterocycles. The van der Waals surface area contributed by atoms with Crippen LogP contribution in [0.25, 0.3) is 0 Å². The minimum absolute atomic E-state index is 0.0376. The lowest BCUT2D eigenvalue weighted by atomic mass is 10.1. The first-order valence-electron chi connectivity index (χ1n) is 9.02. The summed E-state index contributed by atoms with van der Waals surface area (Å²) in [6.45, 7) is 3.64. The van der Waals surface area contributed by atoms with E-state index in [2.05, 4.69) is 4.90 Å². The van der Waals surface area contributed by atoms with Gasteiger partial charge in [-0.25, -0.2) is 8.42 Å². The Bertz CT molecular complexity index is 789. The normalized spacial score (nSPS) is 19.9. The number of carbonyl (C=O) groups excluding carboxylic acids is 1. The summed E-state index contributed by atoms with van der Waals surface area (Å²) in [6.07, 6.45) is 3.50. The van der Waals surface area contributed by atoms with Gasteiger partial charge in [-0.15, -0.1) is 0 Å². The van der Waals surface area contributed by atoms with Crippen molar-refractivity contribution < 1.29 is 13.2 Å². The Kier molecular flexibility index (Phi) is 5.91. The highest BCUT2D eigenvalue weighted by molar-refractivity contribution is 7.89. The molecule has 2 aliphatic heterocycles. The highest BCUT2D eigenvalue weighted by atomic mass is 32.2. The van der Waals surface area contributed by atoms with E-state index in [0.717, 1.165) is 25.9 Å². The first-order chi connectivity index (χ1) is 12.5. The number of likely N-dealkylation sites (tertiary alicyclic amines) is 1. The van der Waals surface area contributed by atoms with Crippen LogP contribution < -0.4 is 0 Å². The van der Waals surface area contributed by atoms with Gasteiger partial charge in [-0.3, -0.25) is 9.69 Å². The topological polar surface area (TPSA) is 84.7 Å². The maximum atomic E-state index is 12.8. The molecule has 0 bridgehead atoms. The van der Waals surface area contributed by atoms with Gasteiger partial charge in [0.15, 0.2) is 0 Å². The molecule has 2 fully saturated rings. The average molecular weight is 376 g/mol. The first-order valence-corrected chi connectivity index (χ1v) is 10.5. The molecule has 0 unspecified atom stereocenters. The maximum absolute atomic E-state index is 12.8. The van der Waals surface area contributed by atoms with Gasteiger partial charge in [-0.05, 0) is 38.1 Å². The zero-order valence-corrected chi connectivity index (χ0v) is 15.6. The molecular formula is C18H24N4O3S. The van der Waals surface area contributed by atoms with Crippen molar-refractivity contribution in [2.75, 3.05) is 45.8 Å². The SMILES string of the molecule is N#Cc1ccccc1S(=O)(=O)N1CCN(C(=O)CN2CCCCC2)CC1. The molecule has 0 aromatic heterocycles. The molecule has 7 nitrogen and oxygen atoms in total. The van der Waals surface area contributed by atoms with Crippen LogP contribution in [0.5, 0.6) is 0 Å². The fourth-order valence-electron chi connectivity index (χ4n) is 3.51. The molecule has 8 heteroatoms. The highest BCUT2D eigenvalue weighted by Gasteiger charge is 2.31. The molecule has 0 aliphatic carbocycles. The Morgan fingerprint density at radius 3 is 2.31 bits per heavy atom. The number of hydrogen-bond acceptors (Lipinski definition) is 5. The fourth-order valence-corrected chi connectivity index (χ4v) is 5.07. The van der Waals surface area contributed by atoms with Crippen molar-refractivity contribution in [3.8, 4) is 6.07 Å². The molecule has 0 N–H and O–H groups in total. The second-order valence-electron chi connectivity index (χ2n) is 6.73. The van der Waals surface area contributed by atoms with Crippen LogP contribution in [0.2, 0.25) is 0 Å². The monoisotopic (exact) mass is 376 g/mol. The van der Waals surface area contributed by atoms with Crippen LogP contribution in [0.3, 0.4) is 0 Å². The van der Waals surface area contributed by atoms with E-state index in [1.54, 1.807) is 17.0 Å². The van der Waals surface area contributed by atoms with Gasteiger partial charge < -0.3 is 4.90 Å². The molecule has 1 aromatic carbocycles. The van der Waals surface area contributed by atoms with Crippen LogP contribution in [-0.2, 0) is 14.8 Å². The molecule has 2 saturated heterocycles. The minimum atomic E-state index is -3.72. The molecule has 1 aromatic rings. The van der Waals surface area contributed by atoms with Crippen LogP contribution in [0.4, 0.5) is 0 Å². The number of nitriles is 1. The summed E-state index contributed by atoms with van der Waals surface area (Å²) in [6, 6.07) is 8.17. The molecular weight excluding hydrogens is 352 g/mol. The second kappa shape index (κ2) is 8.16. The van der Waals surface area contributed by atoms with Gasteiger partial charge in [-0.1, -0.05) is 18.6 Å². The number of benzene rings is 1. The molecule has 0 saturated carbocycles. The number of piperidine rings is 1. The lowest BCUT2D eigenvalue weighted by Crippen LogP contribution is -2.52. The smallest absolute Gasteiger partial charge is 0.244 e. The van der Waals surface area contributed by atoms with E-state index in [1.165, 1.54) is 22.9 Å². The Labute approximate surface area is 154 Å². The molecule has 26 heavy (non-hydrogen) atoms. The van der Waals surface area contributed by atoms with Crippen molar-refractivity contribution in [1.82, 2.24) is 14.1 Å². The van der Waals surface area contributed by atoms with Crippen LogP contribution in [-0.4, -0.2) is 74.2 Å². The van der Waals surface area contributed by atoms with E-state index >= 15 is 0 Å². The first kappa shape index (κ1) is 18.8. The van der Waals surface area contributed by atoms with Crippen molar-refractivity contribution in [3.05, 3.63) is 29.8 Å². The van der Waals surface area contributed by atoms with E-state index < -0.39 is 10.0 Å². The van der Waals surface area contributed by atoms with Gasteiger partial charge in [0.05, 0.1) is 17.0 Å². The lowest BCUT2D eigenvalue weighted by Gasteiger charge is -2.35. The predicted molar refractivity (Wildman–Crippen MR) is 96.8 cm³/mol. The standard InChI is InChI=1S/C18H24N4O3S/c19-14-16-6-2-3-7-17(16)26(24,25)22-12-10-21(11-13-22)18(23)15-20-8-4-1-5-9-20/h2-3,6-7H,1,4-5,8-13,15H2. The van der Waals surface area contributed by atoms with Gasteiger partial charge in [0.2, 0.25) is 15.9 Å². The minimum Gasteiger partial charge on any atom is -0.339 e. The number of sulfonamides is 1. The zero-order valence-electron chi connectivity index (χ0n) is 14.8. The highest BCUT2D eigenvalue weighted by Crippen LogP contribution is 2.21. The molecule has 3 rings (SSSR count). The predicted octanol–water partition coefficient (Wildman–Crippen LogP) is 0.877. The van der Waals surface area contributed by atoms with Gasteiger partial charge in [0.1, 0.15) is 6.07 Å². The molecule has 140 valence electrons. The van der Waals surface area contributed by atoms with Crippen LogP contribution in [0, 0.1) is 11.3 Å². The summed E-state index contributed by atoms with van der Waals surface area (Å²) in [5, 5.41) is 9.16. The molecule has 1 amide bonds. The largest absolute Gasteiger partial charge is 0.339 e. The number of carbonyl (C=O) groups is 1. The Hall–Kier alpha value is -1.95. The van der Waals surface area contributed by atoms with E-state index in [4.69, 9.17) is 5.26 Å². The summed E-state index contributed by atoms with van der Waals surface area (Å²) < 4.78 is 27.0. The van der Waals surface area contributed by atoms with Gasteiger partial charge >= 0.3 is 0 Å². The Morgan fingerprint density at radius 1 is 1.00 bits per heavy atom. The summed E-state index contributed by atoms with van der Waals surface area (Å²) in [5.41, 5.74) is 0.149. The van der Waals surface area contributed by atoms with Crippen LogP contribution >= 0.6 is 0 Å². The van der Waals surface area contributed by atoms with E-state index in [0.29, 0.717) is 19.6 Å². The van der Waals surface area contributed by atoms with Crippen LogP contribution in [0.1, 0.15) is 24.8 Å². The Balaban J connectivity index is 1.61. The molecule has 0 atom stereocenters. The van der Waals surface area contributed by atoms with E-state index in [9.17, 15) is 13.2 Å². The maximum Gasteiger partial charge on any atom is 0.244 e. The second-order valence-corrected chi connectivity index (χ2v) is 8.64. The van der Waals surface area contributed by atoms with Crippen LogP contribution in [0.15, 0.2) is 29.2 Å². The van der Waals surface area contributed by atoms with Gasteiger partial charge in [-0.2, -0.15) is 9.57 Å². The third-order valence-electron chi connectivity index (χ3n) is 5.02. The third-order valence-corrected chi connectivity index (χ3v) is 6.98. The summed E-state index contributed by atoms with van der Waals surface area (Å²) in [7, 11) is -3.72. The van der Waals surface area contributed by atoms with Crippen molar-refractivity contribution >= 4 is 15.9 Å². The third kappa shape index (κ3) is 4.06. The number of amides is 1. The number of piperazine rings is 1. The quantitative estimate of drug-likeness (QED) is 0.779. The molecule has 2 aliphatic rings. The molecule has 0 radical (unpaired) electrons. The summed E-state index contributed by atoms with van der Waals surface area (Å²) >= 11 is 0. The Morgan fingerprint density at radius 2 is 1.65 bits per heavy atom. The fraction of sp³-hybridized carbons (Fsp3) is 0.556. The van der Waals surface area contributed by atoms with Gasteiger partial charge in [0, 0.05) is 26.2 Å². The number of hydrogen-bond donors (Lipinski definition) is 0. The van der Waals surface area contributed by atoms with Crippen molar-refractivity contribution in [2.24, 2.45) is 0 Å². The van der Waals surface area contributed by atoms with Gasteiger partial charge in [0.25, 0.3) is 0 Å². The number of rotatable bonds is 4. The molecule has 0 spiro atoms.